The standard InChI is InChI=1S/C15H23N3O/c1-16-14-11-17-10-9-13(14)15(19)18-12-7-5-3-2-4-6-8-12/h9-12,16H,2-8H2,1H3,(H,18,19). The number of anilines is 1. The van der Waals surface area contributed by atoms with Crippen LogP contribution in [0.2, 0.25) is 0 Å². The predicted molar refractivity (Wildman–Crippen MR) is 77.4 cm³/mol. The van der Waals surface area contributed by atoms with Crippen LogP contribution >= 0.6 is 0 Å². The Morgan fingerprint density at radius 1 is 1.21 bits per heavy atom. The van der Waals surface area contributed by atoms with Gasteiger partial charge in [-0.05, 0) is 18.9 Å². The number of nitrogens with zero attached hydrogens (tertiary/aromatic N) is 1. The topological polar surface area (TPSA) is 54.0 Å². The van der Waals surface area contributed by atoms with Gasteiger partial charge in [0.15, 0.2) is 0 Å². The van der Waals surface area contributed by atoms with E-state index in [2.05, 4.69) is 15.6 Å². The molecule has 1 saturated carbocycles. The van der Waals surface area contributed by atoms with E-state index in [1.165, 1.54) is 32.1 Å². The summed E-state index contributed by atoms with van der Waals surface area (Å²) in [6, 6.07) is 2.09. The molecule has 1 aliphatic carbocycles. The molecule has 4 heteroatoms. The van der Waals surface area contributed by atoms with E-state index in [0.29, 0.717) is 11.6 Å². The molecule has 1 amide bonds. The minimum Gasteiger partial charge on any atom is -0.386 e. The van der Waals surface area contributed by atoms with Crippen LogP contribution in [0.4, 0.5) is 5.69 Å². The fourth-order valence-electron chi connectivity index (χ4n) is 2.66. The summed E-state index contributed by atoms with van der Waals surface area (Å²) >= 11 is 0. The predicted octanol–water partition coefficient (Wildman–Crippen LogP) is 2.97. The highest BCUT2D eigenvalue weighted by Gasteiger charge is 2.16. The molecular formula is C15H23N3O. The van der Waals surface area contributed by atoms with Gasteiger partial charge < -0.3 is 10.6 Å². The van der Waals surface area contributed by atoms with Crippen LogP contribution in [0.25, 0.3) is 0 Å². The molecule has 1 aromatic rings. The zero-order valence-corrected chi connectivity index (χ0v) is 11.6. The van der Waals surface area contributed by atoms with Crippen LogP contribution in [-0.2, 0) is 0 Å². The van der Waals surface area contributed by atoms with Crippen molar-refractivity contribution in [2.24, 2.45) is 0 Å². The van der Waals surface area contributed by atoms with Crippen LogP contribution in [0.15, 0.2) is 18.5 Å². The van der Waals surface area contributed by atoms with Crippen molar-refractivity contribution in [3.63, 3.8) is 0 Å². The molecule has 1 aromatic heterocycles. The highest BCUT2D eigenvalue weighted by Crippen LogP contribution is 2.18. The summed E-state index contributed by atoms with van der Waals surface area (Å²) in [7, 11) is 1.81. The highest BCUT2D eigenvalue weighted by atomic mass is 16.1. The lowest BCUT2D eigenvalue weighted by molar-refractivity contribution is 0.0931. The fourth-order valence-corrected chi connectivity index (χ4v) is 2.66. The Morgan fingerprint density at radius 3 is 2.58 bits per heavy atom. The zero-order chi connectivity index (χ0) is 13.5. The van der Waals surface area contributed by atoms with Crippen molar-refractivity contribution in [1.82, 2.24) is 10.3 Å². The van der Waals surface area contributed by atoms with Crippen LogP contribution in [0.3, 0.4) is 0 Å². The number of hydrogen-bond acceptors (Lipinski definition) is 3. The second-order valence-corrected chi connectivity index (χ2v) is 5.19. The molecule has 0 bridgehead atoms. The second-order valence-electron chi connectivity index (χ2n) is 5.19. The molecule has 0 aromatic carbocycles. The molecule has 0 spiro atoms. The molecule has 0 atom stereocenters. The normalized spacial score (nSPS) is 17.3. The van der Waals surface area contributed by atoms with E-state index in [1.54, 1.807) is 18.5 Å². The first-order valence-electron chi connectivity index (χ1n) is 7.24. The Kier molecular flexibility index (Phi) is 5.19. The Bertz CT molecular complexity index is 412. The maximum Gasteiger partial charge on any atom is 0.253 e. The molecule has 0 unspecified atom stereocenters. The van der Waals surface area contributed by atoms with Crippen molar-refractivity contribution < 1.29 is 4.79 Å². The largest absolute Gasteiger partial charge is 0.386 e. The number of nitrogens with one attached hydrogen (secondary N) is 2. The van der Waals surface area contributed by atoms with Gasteiger partial charge in [-0.15, -0.1) is 0 Å². The highest BCUT2D eigenvalue weighted by molar-refractivity contribution is 5.99. The van der Waals surface area contributed by atoms with E-state index in [1.807, 2.05) is 7.05 Å². The van der Waals surface area contributed by atoms with Gasteiger partial charge in [-0.2, -0.15) is 0 Å². The van der Waals surface area contributed by atoms with E-state index < -0.39 is 0 Å². The summed E-state index contributed by atoms with van der Waals surface area (Å²) in [5, 5.41) is 6.18. The summed E-state index contributed by atoms with van der Waals surface area (Å²) < 4.78 is 0. The number of amides is 1. The van der Waals surface area contributed by atoms with Crippen molar-refractivity contribution >= 4 is 11.6 Å². The molecule has 4 nitrogen and oxygen atoms in total. The average molecular weight is 261 g/mol. The second kappa shape index (κ2) is 7.12. The van der Waals surface area contributed by atoms with Gasteiger partial charge in [0.2, 0.25) is 0 Å². The molecule has 19 heavy (non-hydrogen) atoms. The third kappa shape index (κ3) is 3.94. The van der Waals surface area contributed by atoms with Gasteiger partial charge in [0.05, 0.1) is 17.4 Å². The van der Waals surface area contributed by atoms with Gasteiger partial charge in [0.1, 0.15) is 0 Å². The first kappa shape index (κ1) is 13.8. The van der Waals surface area contributed by atoms with Crippen LogP contribution in [-0.4, -0.2) is 24.0 Å². The monoisotopic (exact) mass is 261 g/mol. The molecule has 0 radical (unpaired) electrons. The average Bonchev–Trinajstić information content (AvgIpc) is 2.41. The van der Waals surface area contributed by atoms with Gasteiger partial charge in [-0.25, -0.2) is 0 Å². The lowest BCUT2D eigenvalue weighted by Crippen LogP contribution is -2.35. The molecule has 1 aliphatic rings. The van der Waals surface area contributed by atoms with Crippen molar-refractivity contribution in [3.8, 4) is 0 Å². The summed E-state index contributed by atoms with van der Waals surface area (Å²) in [6.45, 7) is 0. The first-order chi connectivity index (χ1) is 9.31. The Hall–Kier alpha value is -1.58. The van der Waals surface area contributed by atoms with Crippen LogP contribution < -0.4 is 10.6 Å². The van der Waals surface area contributed by atoms with Crippen LogP contribution in [0.5, 0.6) is 0 Å². The van der Waals surface area contributed by atoms with Gasteiger partial charge in [-0.1, -0.05) is 32.1 Å². The molecule has 104 valence electrons. The maximum atomic E-state index is 12.3. The maximum absolute atomic E-state index is 12.3. The third-order valence-corrected chi connectivity index (χ3v) is 3.78. The summed E-state index contributed by atoms with van der Waals surface area (Å²) in [4.78, 5) is 16.3. The van der Waals surface area contributed by atoms with E-state index in [9.17, 15) is 4.79 Å². The minimum atomic E-state index is 0.0114. The smallest absolute Gasteiger partial charge is 0.253 e. The molecular weight excluding hydrogens is 238 g/mol. The van der Waals surface area contributed by atoms with E-state index in [-0.39, 0.29) is 5.91 Å². The summed E-state index contributed by atoms with van der Waals surface area (Å²) in [5.74, 6) is 0.0114. The number of pyridine rings is 1. The van der Waals surface area contributed by atoms with Crippen molar-refractivity contribution in [3.05, 3.63) is 24.0 Å². The van der Waals surface area contributed by atoms with Gasteiger partial charge in [0, 0.05) is 19.3 Å². The fraction of sp³-hybridized carbons (Fsp3) is 0.600. The molecule has 0 aliphatic heterocycles. The van der Waals surface area contributed by atoms with Gasteiger partial charge in [-0.3, -0.25) is 9.78 Å². The van der Waals surface area contributed by atoms with E-state index >= 15 is 0 Å². The molecule has 2 N–H and O–H groups in total. The Morgan fingerprint density at radius 2 is 1.89 bits per heavy atom. The van der Waals surface area contributed by atoms with Crippen LogP contribution in [0, 0.1) is 0 Å². The van der Waals surface area contributed by atoms with Gasteiger partial charge >= 0.3 is 0 Å². The SMILES string of the molecule is CNc1cnccc1C(=O)NC1CCCCCCC1. The van der Waals surface area contributed by atoms with Crippen molar-refractivity contribution in [1.29, 1.82) is 0 Å². The summed E-state index contributed by atoms with van der Waals surface area (Å²) in [5.41, 5.74) is 1.46. The minimum absolute atomic E-state index is 0.0114. The molecule has 1 heterocycles. The van der Waals surface area contributed by atoms with E-state index in [0.717, 1.165) is 18.5 Å². The number of aromatic nitrogens is 1. The van der Waals surface area contributed by atoms with Crippen LogP contribution in [0.1, 0.15) is 55.3 Å². The molecule has 2 rings (SSSR count). The number of carbonyl (C=O) groups is 1. The van der Waals surface area contributed by atoms with Gasteiger partial charge in [0.25, 0.3) is 5.91 Å². The number of rotatable bonds is 3. The Labute approximate surface area is 115 Å². The molecule has 1 fully saturated rings. The molecule has 0 saturated heterocycles. The quantitative estimate of drug-likeness (QED) is 0.879. The van der Waals surface area contributed by atoms with E-state index in [4.69, 9.17) is 0 Å². The third-order valence-electron chi connectivity index (χ3n) is 3.78. The lowest BCUT2D eigenvalue weighted by Gasteiger charge is -2.21. The lowest BCUT2D eigenvalue weighted by atomic mass is 9.96. The van der Waals surface area contributed by atoms with Crippen molar-refractivity contribution in [2.75, 3.05) is 12.4 Å². The zero-order valence-electron chi connectivity index (χ0n) is 11.6. The number of hydrogen-bond donors (Lipinski definition) is 2. The summed E-state index contributed by atoms with van der Waals surface area (Å²) in [6.07, 6.45) is 11.9. The first-order valence-corrected chi connectivity index (χ1v) is 7.24. The Balaban J connectivity index is 1.99. The number of carbonyl (C=O) groups excluding carboxylic acids is 1. The van der Waals surface area contributed by atoms with Crippen molar-refractivity contribution in [2.45, 2.75) is 51.0 Å².